The minimum Gasteiger partial charge on any atom is -0.466 e. The number of halogens is 1. The minimum atomic E-state index is -0.0466. The van der Waals surface area contributed by atoms with Crippen LogP contribution in [0.2, 0.25) is 0 Å². The van der Waals surface area contributed by atoms with Crippen molar-refractivity contribution in [2.24, 2.45) is 16.8 Å². The van der Waals surface area contributed by atoms with Crippen LogP contribution in [0.1, 0.15) is 43.3 Å². The van der Waals surface area contributed by atoms with E-state index in [1.54, 1.807) is 11.3 Å². The van der Waals surface area contributed by atoms with Gasteiger partial charge in [0.15, 0.2) is 5.96 Å². The maximum Gasteiger partial charge on any atom is 0.309 e. The first-order valence-electron chi connectivity index (χ1n) is 10.8. The molecule has 0 aliphatic carbocycles. The van der Waals surface area contributed by atoms with Gasteiger partial charge in [-0.1, -0.05) is 0 Å². The Morgan fingerprint density at radius 3 is 2.53 bits per heavy atom. The fourth-order valence-corrected chi connectivity index (χ4v) is 4.82. The van der Waals surface area contributed by atoms with Crippen molar-refractivity contribution in [3.63, 3.8) is 0 Å². The van der Waals surface area contributed by atoms with Crippen molar-refractivity contribution in [1.29, 1.82) is 0 Å². The van der Waals surface area contributed by atoms with E-state index in [4.69, 9.17) is 4.74 Å². The number of aromatic nitrogens is 1. The summed E-state index contributed by atoms with van der Waals surface area (Å²) in [6.45, 7) is 10.3. The van der Waals surface area contributed by atoms with Gasteiger partial charge in [0, 0.05) is 38.6 Å². The van der Waals surface area contributed by atoms with Crippen molar-refractivity contribution in [3.8, 4) is 0 Å². The summed E-state index contributed by atoms with van der Waals surface area (Å²) in [7, 11) is 1.85. The van der Waals surface area contributed by atoms with Gasteiger partial charge >= 0.3 is 5.97 Å². The predicted octanol–water partition coefficient (Wildman–Crippen LogP) is 3.13. The second-order valence-electron chi connectivity index (χ2n) is 8.02. The number of carbonyl (C=O) groups excluding carboxylic acids is 1. The minimum absolute atomic E-state index is 0. The van der Waals surface area contributed by atoms with Crippen molar-refractivity contribution in [1.82, 2.24) is 20.1 Å². The Labute approximate surface area is 201 Å². The van der Waals surface area contributed by atoms with Crippen molar-refractivity contribution < 1.29 is 9.53 Å². The third kappa shape index (κ3) is 7.33. The Hall–Kier alpha value is -0.940. The fraction of sp³-hybridized carbons (Fsp3) is 0.762. The second kappa shape index (κ2) is 12.8. The molecule has 2 aliphatic rings. The summed E-state index contributed by atoms with van der Waals surface area (Å²) in [5.74, 6) is 1.63. The number of thiazole rings is 1. The molecule has 170 valence electrons. The Bertz CT molecular complexity index is 683. The molecule has 2 fully saturated rings. The van der Waals surface area contributed by atoms with Crippen LogP contribution in [-0.2, 0) is 16.1 Å². The van der Waals surface area contributed by atoms with E-state index in [9.17, 15) is 4.79 Å². The van der Waals surface area contributed by atoms with Gasteiger partial charge in [-0.3, -0.25) is 14.7 Å². The number of nitrogens with zero attached hydrogens (tertiary/aromatic N) is 4. The number of aliphatic imine (C=N–C) groups is 1. The number of guanidine groups is 1. The van der Waals surface area contributed by atoms with Crippen LogP contribution in [0.15, 0.2) is 10.4 Å². The Kier molecular flexibility index (Phi) is 10.8. The van der Waals surface area contributed by atoms with Crippen LogP contribution in [0.4, 0.5) is 0 Å². The van der Waals surface area contributed by atoms with Crippen LogP contribution >= 0.6 is 35.3 Å². The summed E-state index contributed by atoms with van der Waals surface area (Å²) >= 11 is 1.73. The fourth-order valence-electron chi connectivity index (χ4n) is 4.21. The van der Waals surface area contributed by atoms with E-state index in [0.29, 0.717) is 12.5 Å². The number of piperidine rings is 2. The van der Waals surface area contributed by atoms with Gasteiger partial charge in [0.25, 0.3) is 0 Å². The Morgan fingerprint density at radius 1 is 1.27 bits per heavy atom. The summed E-state index contributed by atoms with van der Waals surface area (Å²) in [5.41, 5.74) is 1.20. The predicted molar refractivity (Wildman–Crippen MR) is 133 cm³/mol. The molecule has 2 saturated heterocycles. The average molecular weight is 550 g/mol. The normalized spacial score (nSPS) is 19.4. The second-order valence-corrected chi connectivity index (χ2v) is 9.08. The van der Waals surface area contributed by atoms with Crippen molar-refractivity contribution >= 4 is 47.2 Å². The molecule has 3 rings (SSSR count). The molecule has 1 aromatic rings. The highest BCUT2D eigenvalue weighted by molar-refractivity contribution is 14.0. The van der Waals surface area contributed by atoms with Gasteiger partial charge in [0.1, 0.15) is 0 Å². The largest absolute Gasteiger partial charge is 0.466 e. The molecular weight excluding hydrogens is 513 g/mol. The number of ether oxygens (including phenoxy) is 1. The summed E-state index contributed by atoms with van der Waals surface area (Å²) in [5, 5.41) is 6.90. The van der Waals surface area contributed by atoms with Gasteiger partial charge in [0.2, 0.25) is 0 Å². The molecule has 0 aromatic carbocycles. The summed E-state index contributed by atoms with van der Waals surface area (Å²) in [6.07, 6.45) is 4.10. The highest BCUT2D eigenvalue weighted by atomic mass is 127. The molecule has 1 N–H and O–H groups in total. The molecule has 0 atom stereocenters. The lowest BCUT2D eigenvalue weighted by Gasteiger charge is -2.35. The van der Waals surface area contributed by atoms with E-state index < -0.39 is 0 Å². The number of esters is 1. The van der Waals surface area contributed by atoms with Gasteiger partial charge in [0.05, 0.1) is 23.2 Å². The maximum absolute atomic E-state index is 11.9. The Morgan fingerprint density at radius 2 is 1.97 bits per heavy atom. The van der Waals surface area contributed by atoms with Gasteiger partial charge < -0.3 is 15.0 Å². The number of nitrogens with one attached hydrogen (secondary N) is 1. The quantitative estimate of drug-likeness (QED) is 0.255. The number of carbonyl (C=O) groups is 1. The molecule has 0 bridgehead atoms. The highest BCUT2D eigenvalue weighted by Gasteiger charge is 2.28. The number of aryl methyl sites for hydroxylation is 1. The zero-order chi connectivity index (χ0) is 20.6. The molecule has 2 aliphatic heterocycles. The van der Waals surface area contributed by atoms with E-state index in [2.05, 4.69) is 37.4 Å². The van der Waals surface area contributed by atoms with Gasteiger partial charge in [-0.15, -0.1) is 35.3 Å². The first-order valence-corrected chi connectivity index (χ1v) is 11.7. The number of likely N-dealkylation sites (tertiary alicyclic amines) is 2. The molecule has 9 heteroatoms. The van der Waals surface area contributed by atoms with E-state index in [1.807, 2.05) is 14.0 Å². The standard InChI is InChI=1S/C21H35N5O2S.HI/c1-4-28-20(27)18-7-11-26(12-8-18)21(22-3)23-13-17-5-9-25(10-6-17)14-19-15-29-16(2)24-19;/h15,17-18H,4-14H2,1-3H3,(H,22,23);1H. The monoisotopic (exact) mass is 549 g/mol. The number of hydrogen-bond donors (Lipinski definition) is 1. The van der Waals surface area contributed by atoms with E-state index in [1.165, 1.54) is 18.5 Å². The van der Waals surface area contributed by atoms with Crippen LogP contribution in [0.5, 0.6) is 0 Å². The van der Waals surface area contributed by atoms with Crippen molar-refractivity contribution in [2.75, 3.05) is 46.4 Å². The third-order valence-electron chi connectivity index (χ3n) is 5.93. The molecule has 0 amide bonds. The molecule has 0 unspecified atom stereocenters. The first-order chi connectivity index (χ1) is 14.1. The highest BCUT2D eigenvalue weighted by Crippen LogP contribution is 2.21. The molecule has 1 aromatic heterocycles. The molecule has 30 heavy (non-hydrogen) atoms. The molecule has 3 heterocycles. The van der Waals surface area contributed by atoms with Crippen LogP contribution in [0.3, 0.4) is 0 Å². The lowest BCUT2D eigenvalue weighted by atomic mass is 9.96. The zero-order valence-electron chi connectivity index (χ0n) is 18.4. The molecule has 0 radical (unpaired) electrons. The van der Waals surface area contributed by atoms with E-state index >= 15 is 0 Å². The number of rotatable bonds is 6. The summed E-state index contributed by atoms with van der Waals surface area (Å²) in [4.78, 5) is 25.8. The summed E-state index contributed by atoms with van der Waals surface area (Å²) in [6, 6.07) is 0. The molecule has 0 spiro atoms. The topological polar surface area (TPSA) is 70.1 Å². The maximum atomic E-state index is 11.9. The third-order valence-corrected chi connectivity index (χ3v) is 6.76. The van der Waals surface area contributed by atoms with Crippen LogP contribution in [0, 0.1) is 18.8 Å². The molecule has 0 saturated carbocycles. The smallest absolute Gasteiger partial charge is 0.309 e. The van der Waals surface area contributed by atoms with Gasteiger partial charge in [-0.05, 0) is 58.5 Å². The van der Waals surface area contributed by atoms with Gasteiger partial charge in [-0.25, -0.2) is 4.98 Å². The number of hydrogen-bond acceptors (Lipinski definition) is 6. The average Bonchev–Trinajstić information content (AvgIpc) is 3.15. The first kappa shape index (κ1) is 25.3. The van der Waals surface area contributed by atoms with E-state index in [0.717, 1.165) is 63.1 Å². The SMILES string of the molecule is CCOC(=O)C1CCN(C(=NC)NCC2CCN(Cc3csc(C)n3)CC2)CC1.I. The van der Waals surface area contributed by atoms with Crippen molar-refractivity contribution in [2.45, 2.75) is 46.1 Å². The summed E-state index contributed by atoms with van der Waals surface area (Å²) < 4.78 is 5.17. The van der Waals surface area contributed by atoms with E-state index in [-0.39, 0.29) is 35.9 Å². The van der Waals surface area contributed by atoms with Crippen LogP contribution < -0.4 is 5.32 Å². The Balaban J connectivity index is 0.00000320. The molecular formula is C21H36IN5O2S. The van der Waals surface area contributed by atoms with Crippen molar-refractivity contribution in [3.05, 3.63) is 16.1 Å². The zero-order valence-corrected chi connectivity index (χ0v) is 21.6. The van der Waals surface area contributed by atoms with Crippen LogP contribution in [-0.4, -0.2) is 73.1 Å². The molecule has 7 nitrogen and oxygen atoms in total. The lowest BCUT2D eigenvalue weighted by molar-refractivity contribution is -0.149. The van der Waals surface area contributed by atoms with Gasteiger partial charge in [-0.2, -0.15) is 0 Å². The lowest BCUT2D eigenvalue weighted by Crippen LogP contribution is -2.48. The van der Waals surface area contributed by atoms with Crippen LogP contribution in [0.25, 0.3) is 0 Å².